The van der Waals surface area contributed by atoms with Crippen molar-refractivity contribution in [2.24, 2.45) is 4.99 Å². The molecule has 0 aromatic carbocycles. The van der Waals surface area contributed by atoms with Crippen molar-refractivity contribution in [1.82, 2.24) is 4.98 Å². The molecule has 0 aliphatic carbocycles. The van der Waals surface area contributed by atoms with Crippen LogP contribution in [0.2, 0.25) is 5.02 Å². The normalized spacial score (nSPS) is 18.9. The highest BCUT2D eigenvalue weighted by atomic mass is 35.5. The van der Waals surface area contributed by atoms with Crippen LogP contribution in [0.3, 0.4) is 0 Å². The van der Waals surface area contributed by atoms with Crippen LogP contribution in [0.5, 0.6) is 0 Å². The Kier molecular flexibility index (Phi) is 2.19. The minimum Gasteiger partial charge on any atom is -0.474 e. The molecule has 2 heterocycles. The van der Waals surface area contributed by atoms with Crippen LogP contribution in [0.1, 0.15) is 19.5 Å². The number of aliphatic imine (C=N–C) groups is 1. The number of rotatable bonds is 1. The van der Waals surface area contributed by atoms with E-state index in [9.17, 15) is 0 Å². The topological polar surface area (TPSA) is 34.5 Å². The standard InChI is InChI=1S/C10H11ClN2O/c1-10(2)6-14-9(13-10)8-7(11)4-3-5-12-8/h3-5H,6H2,1-2H3. The highest BCUT2D eigenvalue weighted by Gasteiger charge is 2.28. The summed E-state index contributed by atoms with van der Waals surface area (Å²) in [4.78, 5) is 8.54. The quantitative estimate of drug-likeness (QED) is 0.713. The Morgan fingerprint density at radius 1 is 1.50 bits per heavy atom. The predicted octanol–water partition coefficient (Wildman–Crippen LogP) is 2.29. The number of halogens is 1. The molecule has 0 saturated carbocycles. The minimum atomic E-state index is -0.170. The van der Waals surface area contributed by atoms with Crippen molar-refractivity contribution in [3.63, 3.8) is 0 Å². The summed E-state index contributed by atoms with van der Waals surface area (Å²) in [6.07, 6.45) is 1.68. The maximum absolute atomic E-state index is 5.97. The summed E-state index contributed by atoms with van der Waals surface area (Å²) in [6, 6.07) is 3.56. The second-order valence-corrected chi connectivity index (χ2v) is 4.26. The Morgan fingerprint density at radius 3 is 2.86 bits per heavy atom. The Labute approximate surface area is 87.8 Å². The zero-order valence-electron chi connectivity index (χ0n) is 8.12. The van der Waals surface area contributed by atoms with E-state index in [1.54, 1.807) is 18.3 Å². The molecular formula is C10H11ClN2O. The lowest BCUT2D eigenvalue weighted by atomic mass is 10.1. The Bertz CT molecular complexity index is 387. The van der Waals surface area contributed by atoms with Crippen molar-refractivity contribution in [2.45, 2.75) is 19.4 Å². The number of nitrogens with zero attached hydrogens (tertiary/aromatic N) is 2. The van der Waals surface area contributed by atoms with E-state index in [0.717, 1.165) is 0 Å². The molecule has 74 valence electrons. The number of hydrogen-bond donors (Lipinski definition) is 0. The fourth-order valence-corrected chi connectivity index (χ4v) is 1.45. The third-order valence-corrected chi connectivity index (χ3v) is 2.23. The minimum absolute atomic E-state index is 0.170. The Balaban J connectivity index is 2.38. The molecule has 0 amide bonds. The summed E-state index contributed by atoms with van der Waals surface area (Å²) in [5, 5.41) is 0.573. The lowest BCUT2D eigenvalue weighted by molar-refractivity contribution is 0.279. The fraction of sp³-hybridized carbons (Fsp3) is 0.400. The van der Waals surface area contributed by atoms with Gasteiger partial charge in [-0.3, -0.25) is 0 Å². The van der Waals surface area contributed by atoms with Gasteiger partial charge in [0.1, 0.15) is 12.3 Å². The second-order valence-electron chi connectivity index (χ2n) is 3.85. The molecule has 1 aliphatic heterocycles. The van der Waals surface area contributed by atoms with Crippen LogP contribution < -0.4 is 0 Å². The van der Waals surface area contributed by atoms with E-state index in [1.807, 2.05) is 13.8 Å². The molecule has 0 N–H and O–H groups in total. The third-order valence-electron chi connectivity index (χ3n) is 1.93. The van der Waals surface area contributed by atoms with Crippen molar-refractivity contribution in [3.05, 3.63) is 29.0 Å². The molecule has 2 rings (SSSR count). The first-order chi connectivity index (χ1) is 6.58. The van der Waals surface area contributed by atoms with Crippen molar-refractivity contribution < 1.29 is 4.74 Å². The van der Waals surface area contributed by atoms with Crippen molar-refractivity contribution in [3.8, 4) is 0 Å². The van der Waals surface area contributed by atoms with Gasteiger partial charge in [0.25, 0.3) is 0 Å². The second kappa shape index (κ2) is 3.24. The molecule has 0 spiro atoms. The van der Waals surface area contributed by atoms with Gasteiger partial charge in [0, 0.05) is 6.20 Å². The van der Waals surface area contributed by atoms with Crippen LogP contribution >= 0.6 is 11.6 Å². The smallest absolute Gasteiger partial charge is 0.237 e. The third kappa shape index (κ3) is 1.73. The molecular weight excluding hydrogens is 200 g/mol. The lowest BCUT2D eigenvalue weighted by Gasteiger charge is -2.07. The molecule has 0 atom stereocenters. The summed E-state index contributed by atoms with van der Waals surface area (Å²) >= 11 is 5.97. The van der Waals surface area contributed by atoms with Crippen LogP contribution in [0.4, 0.5) is 0 Å². The van der Waals surface area contributed by atoms with Crippen molar-refractivity contribution in [2.75, 3.05) is 6.61 Å². The molecule has 0 saturated heterocycles. The molecule has 1 aromatic heterocycles. The average Bonchev–Trinajstić information content (AvgIpc) is 2.47. The first-order valence-electron chi connectivity index (χ1n) is 4.42. The monoisotopic (exact) mass is 210 g/mol. The number of ether oxygens (including phenoxy) is 1. The zero-order valence-corrected chi connectivity index (χ0v) is 8.88. The first kappa shape index (κ1) is 9.46. The molecule has 14 heavy (non-hydrogen) atoms. The predicted molar refractivity (Wildman–Crippen MR) is 55.8 cm³/mol. The summed E-state index contributed by atoms with van der Waals surface area (Å²) in [5.74, 6) is 0.542. The van der Waals surface area contributed by atoms with Gasteiger partial charge in [-0.25, -0.2) is 9.98 Å². The van der Waals surface area contributed by atoms with E-state index in [1.165, 1.54) is 0 Å². The van der Waals surface area contributed by atoms with Crippen LogP contribution in [0, 0.1) is 0 Å². The van der Waals surface area contributed by atoms with E-state index in [-0.39, 0.29) is 5.54 Å². The summed E-state index contributed by atoms with van der Waals surface area (Å²) < 4.78 is 5.44. The maximum Gasteiger partial charge on any atom is 0.237 e. The summed E-state index contributed by atoms with van der Waals surface area (Å²) in [6.45, 7) is 4.60. The van der Waals surface area contributed by atoms with Gasteiger partial charge < -0.3 is 4.74 Å². The molecule has 0 fully saturated rings. The Morgan fingerprint density at radius 2 is 2.29 bits per heavy atom. The number of hydrogen-bond acceptors (Lipinski definition) is 3. The van der Waals surface area contributed by atoms with Gasteiger partial charge in [-0.15, -0.1) is 0 Å². The summed E-state index contributed by atoms with van der Waals surface area (Å²) in [7, 11) is 0. The molecule has 4 heteroatoms. The number of aromatic nitrogens is 1. The molecule has 0 bridgehead atoms. The maximum atomic E-state index is 5.97. The van der Waals surface area contributed by atoms with Crippen LogP contribution in [-0.2, 0) is 4.74 Å². The highest BCUT2D eigenvalue weighted by Crippen LogP contribution is 2.23. The zero-order chi connectivity index (χ0) is 10.2. The molecule has 0 radical (unpaired) electrons. The van der Waals surface area contributed by atoms with E-state index in [4.69, 9.17) is 16.3 Å². The SMILES string of the molecule is CC1(C)COC(c2ncccc2Cl)=N1. The Hall–Kier alpha value is -1.09. The van der Waals surface area contributed by atoms with Gasteiger partial charge in [0.05, 0.1) is 10.6 Å². The highest BCUT2D eigenvalue weighted by molar-refractivity contribution is 6.33. The molecule has 1 aliphatic rings. The van der Waals surface area contributed by atoms with Crippen molar-refractivity contribution >= 4 is 17.5 Å². The molecule has 3 nitrogen and oxygen atoms in total. The fourth-order valence-electron chi connectivity index (χ4n) is 1.25. The first-order valence-corrected chi connectivity index (χ1v) is 4.80. The summed E-state index contributed by atoms with van der Waals surface area (Å²) in [5.41, 5.74) is 0.454. The van der Waals surface area contributed by atoms with E-state index < -0.39 is 0 Å². The van der Waals surface area contributed by atoms with Crippen LogP contribution in [0.25, 0.3) is 0 Å². The largest absolute Gasteiger partial charge is 0.474 e. The van der Waals surface area contributed by atoms with Crippen LogP contribution in [0.15, 0.2) is 23.3 Å². The van der Waals surface area contributed by atoms with Gasteiger partial charge in [0.2, 0.25) is 5.90 Å². The van der Waals surface area contributed by atoms with Gasteiger partial charge >= 0.3 is 0 Å². The van der Waals surface area contributed by atoms with Gasteiger partial charge in [-0.2, -0.15) is 0 Å². The average molecular weight is 211 g/mol. The van der Waals surface area contributed by atoms with Gasteiger partial charge in [0.15, 0.2) is 0 Å². The lowest BCUT2D eigenvalue weighted by Crippen LogP contribution is -2.17. The van der Waals surface area contributed by atoms with E-state index in [0.29, 0.717) is 23.2 Å². The number of pyridine rings is 1. The molecule has 0 unspecified atom stereocenters. The van der Waals surface area contributed by atoms with Crippen molar-refractivity contribution in [1.29, 1.82) is 0 Å². The van der Waals surface area contributed by atoms with E-state index >= 15 is 0 Å². The van der Waals surface area contributed by atoms with Gasteiger partial charge in [-0.05, 0) is 26.0 Å². The van der Waals surface area contributed by atoms with Crippen LogP contribution in [-0.4, -0.2) is 23.0 Å². The van der Waals surface area contributed by atoms with E-state index in [2.05, 4.69) is 9.98 Å². The molecule has 1 aromatic rings. The van der Waals surface area contributed by atoms with Gasteiger partial charge in [-0.1, -0.05) is 11.6 Å².